The number of rotatable bonds is 5. The van der Waals surface area contributed by atoms with Crippen molar-refractivity contribution in [3.63, 3.8) is 0 Å². The second-order valence-corrected chi connectivity index (χ2v) is 10.4. The lowest BCUT2D eigenvalue weighted by molar-refractivity contribution is 0.415. The van der Waals surface area contributed by atoms with Crippen molar-refractivity contribution in [3.8, 4) is 5.75 Å². The number of nitrogens with zero attached hydrogens (tertiary/aromatic N) is 1. The summed E-state index contributed by atoms with van der Waals surface area (Å²) in [6, 6.07) is 29.2. The van der Waals surface area contributed by atoms with Gasteiger partial charge in [0.2, 0.25) is 0 Å². The smallest absolute Gasteiger partial charge is 0.119 e. The average Bonchev–Trinajstić information content (AvgIpc) is 2.91. The Morgan fingerprint density at radius 2 is 1.38 bits per heavy atom. The maximum Gasteiger partial charge on any atom is 0.119 e. The molecule has 1 heterocycles. The molecule has 0 atom stereocenters. The van der Waals surface area contributed by atoms with E-state index >= 15 is 0 Å². The van der Waals surface area contributed by atoms with Crippen molar-refractivity contribution in [2.45, 2.75) is 19.8 Å². The molecule has 182 valence electrons. The molecule has 2 nitrogen and oxygen atoms in total. The summed E-state index contributed by atoms with van der Waals surface area (Å²) >= 11 is 12.8. The minimum atomic E-state index is 0.711. The van der Waals surface area contributed by atoms with E-state index in [0.29, 0.717) is 11.4 Å². The van der Waals surface area contributed by atoms with Gasteiger partial charge in [0.25, 0.3) is 0 Å². The molecule has 0 radical (unpaired) electrons. The van der Waals surface area contributed by atoms with Crippen LogP contribution in [0, 0.1) is 6.92 Å². The summed E-state index contributed by atoms with van der Waals surface area (Å²) in [5.41, 5.74) is 5.87. The lowest BCUT2D eigenvalue weighted by atomic mass is 9.93. The molecular formula is C33H25Cl2NO. The molecule has 0 N–H and O–H groups in total. The first-order valence-corrected chi connectivity index (χ1v) is 13.0. The Hall–Kier alpha value is -3.59. The minimum absolute atomic E-state index is 0.711. The molecule has 6 aromatic rings. The van der Waals surface area contributed by atoms with Gasteiger partial charge in [0, 0.05) is 34.5 Å². The molecule has 0 unspecified atom stereocenters. The second-order valence-electron chi connectivity index (χ2n) is 9.51. The predicted octanol–water partition coefficient (Wildman–Crippen LogP) is 9.35. The van der Waals surface area contributed by atoms with Crippen LogP contribution < -0.4 is 4.74 Å². The standard InChI is InChI=1S/C33H25Cl2NO/c1-20-6-7-23(28-13-11-27(37-2)18-30(20)28)15-33-32-17-26(35)10-12-29(32)24(19-36-33)14-22-5-3-4-21-8-9-25(34)16-31(21)22/h3-13,16-19H,14-15H2,1-2H3. The van der Waals surface area contributed by atoms with Gasteiger partial charge in [-0.3, -0.25) is 4.98 Å². The van der Waals surface area contributed by atoms with Crippen LogP contribution in [0.15, 0.2) is 91.1 Å². The SMILES string of the molecule is COc1ccc2c(Cc3ncc(Cc4cccc5ccc(Cl)cc45)c4ccc(Cl)cc34)ccc(C)c2c1. The normalized spacial score (nSPS) is 11.5. The molecule has 0 aliphatic rings. The number of pyridine rings is 1. The summed E-state index contributed by atoms with van der Waals surface area (Å²) in [5, 5.41) is 8.48. The number of halogens is 2. The van der Waals surface area contributed by atoms with Gasteiger partial charge in [-0.1, -0.05) is 71.7 Å². The van der Waals surface area contributed by atoms with Gasteiger partial charge < -0.3 is 4.74 Å². The van der Waals surface area contributed by atoms with Crippen molar-refractivity contribution in [2.24, 2.45) is 0 Å². The number of hydrogen-bond donors (Lipinski definition) is 0. The van der Waals surface area contributed by atoms with Crippen LogP contribution in [0.5, 0.6) is 5.75 Å². The molecule has 37 heavy (non-hydrogen) atoms. The average molecular weight is 522 g/mol. The number of fused-ring (bicyclic) bond motifs is 3. The van der Waals surface area contributed by atoms with Crippen molar-refractivity contribution in [1.29, 1.82) is 0 Å². The van der Waals surface area contributed by atoms with Crippen molar-refractivity contribution in [2.75, 3.05) is 7.11 Å². The molecule has 0 amide bonds. The summed E-state index contributed by atoms with van der Waals surface area (Å²) in [6.07, 6.45) is 3.49. The van der Waals surface area contributed by atoms with Crippen LogP contribution in [0.3, 0.4) is 0 Å². The predicted molar refractivity (Wildman–Crippen MR) is 157 cm³/mol. The Labute approximate surface area is 226 Å². The van der Waals surface area contributed by atoms with Gasteiger partial charge in [0.05, 0.1) is 12.8 Å². The highest BCUT2D eigenvalue weighted by Gasteiger charge is 2.13. The zero-order valence-corrected chi connectivity index (χ0v) is 22.2. The minimum Gasteiger partial charge on any atom is -0.497 e. The van der Waals surface area contributed by atoms with E-state index in [0.717, 1.165) is 28.3 Å². The van der Waals surface area contributed by atoms with E-state index in [4.69, 9.17) is 32.9 Å². The van der Waals surface area contributed by atoms with Crippen LogP contribution in [0.1, 0.15) is 27.9 Å². The fourth-order valence-electron chi connectivity index (χ4n) is 5.28. The van der Waals surface area contributed by atoms with Crippen LogP contribution in [0.4, 0.5) is 0 Å². The zero-order valence-electron chi connectivity index (χ0n) is 20.7. The quantitative estimate of drug-likeness (QED) is 0.225. The molecular weight excluding hydrogens is 497 g/mol. The van der Waals surface area contributed by atoms with Crippen LogP contribution >= 0.6 is 23.2 Å². The van der Waals surface area contributed by atoms with Gasteiger partial charge in [-0.05, 0) is 92.5 Å². The molecule has 0 aliphatic heterocycles. The van der Waals surface area contributed by atoms with Crippen molar-refractivity contribution >= 4 is 55.5 Å². The highest BCUT2D eigenvalue weighted by molar-refractivity contribution is 6.31. The van der Waals surface area contributed by atoms with Crippen molar-refractivity contribution < 1.29 is 4.74 Å². The summed E-state index contributed by atoms with van der Waals surface area (Å²) in [5.74, 6) is 0.863. The number of benzene rings is 5. The fourth-order valence-corrected chi connectivity index (χ4v) is 5.62. The van der Waals surface area contributed by atoms with E-state index in [-0.39, 0.29) is 0 Å². The van der Waals surface area contributed by atoms with Crippen molar-refractivity contribution in [3.05, 3.63) is 129 Å². The van der Waals surface area contributed by atoms with Gasteiger partial charge in [-0.2, -0.15) is 0 Å². The van der Waals surface area contributed by atoms with Crippen LogP contribution in [0.25, 0.3) is 32.3 Å². The number of hydrogen-bond acceptors (Lipinski definition) is 2. The highest BCUT2D eigenvalue weighted by atomic mass is 35.5. The number of ether oxygens (including phenoxy) is 1. The van der Waals surface area contributed by atoms with Crippen LogP contribution in [-0.4, -0.2) is 12.1 Å². The monoisotopic (exact) mass is 521 g/mol. The van der Waals surface area contributed by atoms with Crippen molar-refractivity contribution in [1.82, 2.24) is 4.98 Å². The molecule has 4 heteroatoms. The van der Waals surface area contributed by atoms with E-state index in [1.165, 1.54) is 49.2 Å². The van der Waals surface area contributed by atoms with Gasteiger partial charge in [-0.25, -0.2) is 0 Å². The lowest BCUT2D eigenvalue weighted by Gasteiger charge is -2.14. The Balaban J connectivity index is 1.45. The molecule has 6 rings (SSSR count). The van der Waals surface area contributed by atoms with E-state index in [1.54, 1.807) is 7.11 Å². The van der Waals surface area contributed by atoms with Gasteiger partial charge in [-0.15, -0.1) is 0 Å². The maximum atomic E-state index is 6.49. The molecule has 0 bridgehead atoms. The van der Waals surface area contributed by atoms with Crippen LogP contribution in [0.2, 0.25) is 10.0 Å². The Morgan fingerprint density at radius 3 is 2.22 bits per heavy atom. The highest BCUT2D eigenvalue weighted by Crippen LogP contribution is 2.33. The van der Waals surface area contributed by atoms with Crippen LogP contribution in [-0.2, 0) is 12.8 Å². The first kappa shape index (κ1) is 23.8. The Kier molecular flexibility index (Phi) is 6.24. The van der Waals surface area contributed by atoms with E-state index in [2.05, 4.69) is 61.5 Å². The number of methoxy groups -OCH3 is 1. The third kappa shape index (κ3) is 4.52. The summed E-state index contributed by atoms with van der Waals surface area (Å²) in [6.45, 7) is 2.13. The third-order valence-corrected chi connectivity index (χ3v) is 7.69. The summed E-state index contributed by atoms with van der Waals surface area (Å²) in [7, 11) is 1.70. The third-order valence-electron chi connectivity index (χ3n) is 7.22. The fraction of sp³-hybridized carbons (Fsp3) is 0.121. The van der Waals surface area contributed by atoms with Gasteiger partial charge >= 0.3 is 0 Å². The second kappa shape index (κ2) is 9.70. The zero-order chi connectivity index (χ0) is 25.5. The molecule has 0 saturated carbocycles. The topological polar surface area (TPSA) is 22.1 Å². The lowest BCUT2D eigenvalue weighted by Crippen LogP contribution is -2.00. The largest absolute Gasteiger partial charge is 0.497 e. The van der Waals surface area contributed by atoms with E-state index in [1.807, 2.05) is 36.5 Å². The number of aromatic nitrogens is 1. The Morgan fingerprint density at radius 1 is 0.649 bits per heavy atom. The maximum absolute atomic E-state index is 6.49. The molecule has 0 spiro atoms. The first-order chi connectivity index (χ1) is 18.0. The van der Waals surface area contributed by atoms with E-state index < -0.39 is 0 Å². The molecule has 0 saturated heterocycles. The molecule has 0 fully saturated rings. The molecule has 5 aromatic carbocycles. The van der Waals surface area contributed by atoms with E-state index in [9.17, 15) is 0 Å². The van der Waals surface area contributed by atoms with Gasteiger partial charge in [0.1, 0.15) is 5.75 Å². The molecule has 1 aromatic heterocycles. The first-order valence-electron chi connectivity index (χ1n) is 12.3. The Bertz CT molecular complexity index is 1810. The van der Waals surface area contributed by atoms with Gasteiger partial charge in [0.15, 0.2) is 0 Å². The molecule has 0 aliphatic carbocycles. The summed E-state index contributed by atoms with van der Waals surface area (Å²) in [4.78, 5) is 4.99. The summed E-state index contributed by atoms with van der Waals surface area (Å²) < 4.78 is 5.47. The number of aryl methyl sites for hydroxylation is 1.